The lowest BCUT2D eigenvalue weighted by atomic mass is 9.78. The van der Waals surface area contributed by atoms with Gasteiger partial charge >= 0.3 is 5.97 Å². The first kappa shape index (κ1) is 16.9. The maximum absolute atomic E-state index is 14.2. The van der Waals surface area contributed by atoms with Gasteiger partial charge in [-0.3, -0.25) is 9.59 Å². The molecule has 1 aromatic carbocycles. The van der Waals surface area contributed by atoms with Crippen molar-refractivity contribution in [2.75, 3.05) is 6.61 Å². The summed E-state index contributed by atoms with van der Waals surface area (Å²) in [5.74, 6) is -0.615. The Labute approximate surface area is 141 Å². The zero-order valence-corrected chi connectivity index (χ0v) is 14.0. The maximum Gasteiger partial charge on any atom is 0.317 e. The zero-order chi connectivity index (χ0) is 17.2. The molecule has 0 radical (unpaired) electrons. The lowest BCUT2D eigenvalue weighted by Crippen LogP contribution is -2.40. The van der Waals surface area contributed by atoms with Gasteiger partial charge in [-0.25, -0.2) is 4.39 Å². The minimum absolute atomic E-state index is 0.114. The van der Waals surface area contributed by atoms with Gasteiger partial charge in [0.1, 0.15) is 5.82 Å². The minimum Gasteiger partial charge on any atom is -0.455 e. The van der Waals surface area contributed by atoms with Crippen LogP contribution in [0.2, 0.25) is 0 Å². The van der Waals surface area contributed by atoms with Gasteiger partial charge in [0, 0.05) is 11.6 Å². The number of nitrogens with one attached hydrogen (secondary N) is 1. The van der Waals surface area contributed by atoms with E-state index in [-0.39, 0.29) is 24.4 Å². The summed E-state index contributed by atoms with van der Waals surface area (Å²) in [6.45, 7) is 1.67. The van der Waals surface area contributed by atoms with Crippen molar-refractivity contribution in [3.63, 3.8) is 0 Å². The molecule has 0 aliphatic heterocycles. The number of ether oxygens (including phenoxy) is 1. The first-order valence-electron chi connectivity index (χ1n) is 8.74. The molecule has 1 aromatic rings. The van der Waals surface area contributed by atoms with E-state index in [2.05, 4.69) is 5.32 Å². The molecule has 0 bridgehead atoms. The SMILES string of the molecule is C[C@@H](NC(=O)COC(=O)C1(c2ccccc2F)CCCC1)C1CC1. The predicted octanol–water partition coefficient (Wildman–Crippen LogP) is 3.10. The number of carbonyl (C=O) groups is 2. The summed E-state index contributed by atoms with van der Waals surface area (Å²) in [4.78, 5) is 24.6. The Hall–Kier alpha value is -1.91. The van der Waals surface area contributed by atoms with E-state index in [0.717, 1.165) is 25.7 Å². The molecule has 5 heteroatoms. The van der Waals surface area contributed by atoms with Gasteiger partial charge < -0.3 is 10.1 Å². The fourth-order valence-corrected chi connectivity index (χ4v) is 3.69. The van der Waals surface area contributed by atoms with Gasteiger partial charge in [-0.15, -0.1) is 0 Å². The molecule has 1 N–H and O–H groups in total. The van der Waals surface area contributed by atoms with Crippen LogP contribution in [0.5, 0.6) is 0 Å². The predicted molar refractivity (Wildman–Crippen MR) is 87.8 cm³/mol. The van der Waals surface area contributed by atoms with Crippen molar-refractivity contribution in [2.24, 2.45) is 5.92 Å². The molecule has 4 nitrogen and oxygen atoms in total. The van der Waals surface area contributed by atoms with Crippen molar-refractivity contribution in [1.82, 2.24) is 5.32 Å². The molecule has 2 aliphatic carbocycles. The Bertz CT molecular complexity index is 621. The molecule has 0 saturated heterocycles. The van der Waals surface area contributed by atoms with Crippen molar-refractivity contribution in [3.8, 4) is 0 Å². The van der Waals surface area contributed by atoms with Gasteiger partial charge in [-0.05, 0) is 44.6 Å². The second-order valence-corrected chi connectivity index (χ2v) is 7.04. The fraction of sp³-hybridized carbons (Fsp3) is 0.579. The van der Waals surface area contributed by atoms with Gasteiger partial charge in [-0.2, -0.15) is 0 Å². The van der Waals surface area contributed by atoms with Crippen molar-refractivity contribution in [3.05, 3.63) is 35.6 Å². The number of esters is 1. The Balaban J connectivity index is 1.65. The molecule has 0 spiro atoms. The van der Waals surface area contributed by atoms with Crippen LogP contribution in [-0.4, -0.2) is 24.5 Å². The third kappa shape index (κ3) is 3.45. The third-order valence-electron chi connectivity index (χ3n) is 5.29. The highest BCUT2D eigenvalue weighted by atomic mass is 19.1. The summed E-state index contributed by atoms with van der Waals surface area (Å²) in [6.07, 6.45) is 5.11. The molecule has 2 fully saturated rings. The first-order valence-corrected chi connectivity index (χ1v) is 8.74. The Kier molecular flexibility index (Phi) is 4.88. The van der Waals surface area contributed by atoms with Crippen molar-refractivity contribution >= 4 is 11.9 Å². The fourth-order valence-electron chi connectivity index (χ4n) is 3.69. The van der Waals surface area contributed by atoms with Crippen molar-refractivity contribution in [1.29, 1.82) is 0 Å². The van der Waals surface area contributed by atoms with Crippen LogP contribution in [0, 0.1) is 11.7 Å². The lowest BCUT2D eigenvalue weighted by Gasteiger charge is -2.27. The molecule has 2 aliphatic rings. The van der Waals surface area contributed by atoms with Crippen molar-refractivity contribution < 1.29 is 18.7 Å². The molecule has 0 heterocycles. The molecular formula is C19H24FNO3. The van der Waals surface area contributed by atoms with Crippen molar-refractivity contribution in [2.45, 2.75) is 56.9 Å². The van der Waals surface area contributed by atoms with Gasteiger partial charge in [0.15, 0.2) is 6.61 Å². The molecule has 0 unspecified atom stereocenters. The van der Waals surface area contributed by atoms with Crippen LogP contribution in [0.25, 0.3) is 0 Å². The number of halogens is 1. The zero-order valence-electron chi connectivity index (χ0n) is 14.0. The van der Waals surface area contributed by atoms with Gasteiger partial charge in [0.2, 0.25) is 0 Å². The average Bonchev–Trinajstić information content (AvgIpc) is 3.31. The van der Waals surface area contributed by atoms with Crippen LogP contribution < -0.4 is 5.32 Å². The van der Waals surface area contributed by atoms with Crippen LogP contribution in [-0.2, 0) is 19.7 Å². The van der Waals surface area contributed by atoms with E-state index in [9.17, 15) is 14.0 Å². The summed E-state index contributed by atoms with van der Waals surface area (Å²) < 4.78 is 19.5. The summed E-state index contributed by atoms with van der Waals surface area (Å²) in [7, 11) is 0. The van der Waals surface area contributed by atoms with Gasteiger partial charge in [-0.1, -0.05) is 31.0 Å². The second kappa shape index (κ2) is 6.91. The summed E-state index contributed by atoms with van der Waals surface area (Å²) >= 11 is 0. The number of benzene rings is 1. The molecule has 3 rings (SSSR count). The third-order valence-corrected chi connectivity index (χ3v) is 5.29. The molecule has 0 aromatic heterocycles. The smallest absolute Gasteiger partial charge is 0.317 e. The van der Waals surface area contributed by atoms with E-state index in [1.54, 1.807) is 18.2 Å². The van der Waals surface area contributed by atoms with E-state index in [4.69, 9.17) is 4.74 Å². The average molecular weight is 333 g/mol. The molecular weight excluding hydrogens is 309 g/mol. The van der Waals surface area contributed by atoms with E-state index in [1.165, 1.54) is 6.07 Å². The highest BCUT2D eigenvalue weighted by molar-refractivity contribution is 5.86. The molecule has 24 heavy (non-hydrogen) atoms. The standard InChI is InChI=1S/C19H24FNO3/c1-13(14-8-9-14)21-17(22)12-24-18(23)19(10-4-5-11-19)15-6-2-3-7-16(15)20/h2-3,6-7,13-14H,4-5,8-12H2,1H3,(H,21,22)/t13-/m1/s1. The lowest BCUT2D eigenvalue weighted by molar-refractivity contribution is -0.154. The highest BCUT2D eigenvalue weighted by Gasteiger charge is 2.46. The number of amides is 1. The summed E-state index contributed by atoms with van der Waals surface area (Å²) in [6, 6.07) is 6.47. The first-order chi connectivity index (χ1) is 11.5. The maximum atomic E-state index is 14.2. The van der Waals surface area contributed by atoms with Crippen LogP contribution in [0.1, 0.15) is 51.0 Å². The largest absolute Gasteiger partial charge is 0.455 e. The van der Waals surface area contributed by atoms with E-state index < -0.39 is 11.4 Å². The Morgan fingerprint density at radius 2 is 1.96 bits per heavy atom. The number of rotatable bonds is 6. The second-order valence-electron chi connectivity index (χ2n) is 7.04. The number of hydrogen-bond acceptors (Lipinski definition) is 3. The Morgan fingerprint density at radius 1 is 1.29 bits per heavy atom. The number of hydrogen-bond donors (Lipinski definition) is 1. The Morgan fingerprint density at radius 3 is 2.58 bits per heavy atom. The summed E-state index contributed by atoms with van der Waals surface area (Å²) in [5.41, 5.74) is -0.562. The van der Waals surface area contributed by atoms with Crippen LogP contribution in [0.3, 0.4) is 0 Å². The quantitative estimate of drug-likeness (QED) is 0.814. The molecule has 130 valence electrons. The van der Waals surface area contributed by atoms with Crippen LogP contribution in [0.15, 0.2) is 24.3 Å². The van der Waals surface area contributed by atoms with Gasteiger partial charge in [0.25, 0.3) is 5.91 Å². The minimum atomic E-state index is -0.951. The molecule has 1 atom stereocenters. The van der Waals surface area contributed by atoms with E-state index in [0.29, 0.717) is 24.3 Å². The highest BCUT2D eigenvalue weighted by Crippen LogP contribution is 2.43. The van der Waals surface area contributed by atoms with E-state index in [1.807, 2.05) is 6.92 Å². The molecule has 2 saturated carbocycles. The van der Waals surface area contributed by atoms with Crippen LogP contribution >= 0.6 is 0 Å². The van der Waals surface area contributed by atoms with Gasteiger partial charge in [0.05, 0.1) is 5.41 Å². The normalized spacial score (nSPS) is 20.4. The monoisotopic (exact) mass is 333 g/mol. The topological polar surface area (TPSA) is 55.4 Å². The van der Waals surface area contributed by atoms with Crippen LogP contribution in [0.4, 0.5) is 4.39 Å². The number of carbonyl (C=O) groups excluding carboxylic acids is 2. The van der Waals surface area contributed by atoms with E-state index >= 15 is 0 Å². The summed E-state index contributed by atoms with van der Waals surface area (Å²) in [5, 5.41) is 2.86. The molecule has 1 amide bonds.